The van der Waals surface area contributed by atoms with Gasteiger partial charge in [-0.15, -0.1) is 0 Å². The molecule has 2 N–H and O–H groups in total. The first-order valence-electron chi connectivity index (χ1n) is 6.13. The Morgan fingerprint density at radius 1 is 1.33 bits per heavy atom. The number of nitrogens with one attached hydrogen (secondary N) is 1. The first-order chi connectivity index (χ1) is 9.81. The number of benzene rings is 1. The van der Waals surface area contributed by atoms with Crippen molar-refractivity contribution in [3.8, 4) is 0 Å². The zero-order chi connectivity index (χ0) is 15.6. The maximum absolute atomic E-state index is 12.3. The molecule has 1 fully saturated rings. The second kappa shape index (κ2) is 6.50. The number of aromatic carboxylic acids is 1. The lowest BCUT2D eigenvalue weighted by atomic mass is 10.1. The summed E-state index contributed by atoms with van der Waals surface area (Å²) in [5.74, 6) is -1.32. The third kappa shape index (κ3) is 3.87. The smallest absolute Gasteiger partial charge is 0.337 e. The van der Waals surface area contributed by atoms with Crippen LogP contribution < -0.4 is 4.72 Å². The van der Waals surface area contributed by atoms with Crippen molar-refractivity contribution in [1.82, 2.24) is 4.72 Å². The zero-order valence-electron chi connectivity index (χ0n) is 10.8. The Balaban J connectivity index is 2.34. The van der Waals surface area contributed by atoms with E-state index < -0.39 is 16.0 Å². The molecule has 0 spiro atoms. The number of halogens is 2. The SMILES string of the molecule is O=C(O)c1cc(S(=O)(=O)NC2CCCOC2)c(Cl)cc1Cl. The van der Waals surface area contributed by atoms with Crippen LogP contribution in [0.5, 0.6) is 0 Å². The summed E-state index contributed by atoms with van der Waals surface area (Å²) in [5.41, 5.74) is -0.318. The molecule has 21 heavy (non-hydrogen) atoms. The van der Waals surface area contributed by atoms with Crippen molar-refractivity contribution >= 4 is 39.2 Å². The van der Waals surface area contributed by atoms with Crippen LogP contribution in [0.4, 0.5) is 0 Å². The average molecular weight is 354 g/mol. The van der Waals surface area contributed by atoms with Gasteiger partial charge in [-0.2, -0.15) is 0 Å². The first kappa shape index (κ1) is 16.5. The van der Waals surface area contributed by atoms with Crippen LogP contribution in [-0.4, -0.2) is 38.7 Å². The summed E-state index contributed by atoms with van der Waals surface area (Å²) >= 11 is 11.6. The molecule has 1 unspecified atom stereocenters. The largest absolute Gasteiger partial charge is 0.478 e. The molecule has 0 radical (unpaired) electrons. The highest BCUT2D eigenvalue weighted by atomic mass is 35.5. The van der Waals surface area contributed by atoms with E-state index in [-0.39, 0.29) is 33.2 Å². The average Bonchev–Trinajstić information content (AvgIpc) is 2.38. The van der Waals surface area contributed by atoms with Crippen molar-refractivity contribution in [2.24, 2.45) is 0 Å². The fraction of sp³-hybridized carbons (Fsp3) is 0.417. The van der Waals surface area contributed by atoms with Crippen molar-refractivity contribution in [2.75, 3.05) is 13.2 Å². The van der Waals surface area contributed by atoms with Gasteiger partial charge in [-0.25, -0.2) is 17.9 Å². The highest BCUT2D eigenvalue weighted by Crippen LogP contribution is 2.29. The number of carboxylic acid groups (broad SMARTS) is 1. The van der Waals surface area contributed by atoms with E-state index in [1.165, 1.54) is 0 Å². The quantitative estimate of drug-likeness (QED) is 0.864. The molecule has 0 saturated carbocycles. The number of carbonyl (C=O) groups is 1. The Morgan fingerprint density at radius 3 is 2.62 bits per heavy atom. The van der Waals surface area contributed by atoms with Gasteiger partial charge in [0.2, 0.25) is 10.0 Å². The summed E-state index contributed by atoms with van der Waals surface area (Å²) in [6.07, 6.45) is 1.40. The topological polar surface area (TPSA) is 92.7 Å². The normalized spacial score (nSPS) is 19.4. The van der Waals surface area contributed by atoms with Crippen LogP contribution in [0.25, 0.3) is 0 Å². The van der Waals surface area contributed by atoms with Gasteiger partial charge < -0.3 is 9.84 Å². The highest BCUT2D eigenvalue weighted by molar-refractivity contribution is 7.89. The predicted molar refractivity (Wildman–Crippen MR) is 77.6 cm³/mol. The van der Waals surface area contributed by atoms with Gasteiger partial charge in [0.15, 0.2) is 0 Å². The molecule has 1 saturated heterocycles. The van der Waals surface area contributed by atoms with Crippen LogP contribution in [0.15, 0.2) is 17.0 Å². The van der Waals surface area contributed by atoms with Crippen molar-refractivity contribution in [3.63, 3.8) is 0 Å². The highest BCUT2D eigenvalue weighted by Gasteiger charge is 2.26. The first-order valence-corrected chi connectivity index (χ1v) is 8.37. The summed E-state index contributed by atoms with van der Waals surface area (Å²) < 4.78 is 32.3. The summed E-state index contributed by atoms with van der Waals surface area (Å²) in [6, 6.07) is 1.71. The van der Waals surface area contributed by atoms with Gasteiger partial charge in [-0.05, 0) is 25.0 Å². The molecule has 2 rings (SSSR count). The lowest BCUT2D eigenvalue weighted by molar-refractivity contribution is 0.0696. The molecule has 6 nitrogen and oxygen atoms in total. The third-order valence-electron chi connectivity index (χ3n) is 3.02. The minimum absolute atomic E-state index is 0.118. The van der Waals surface area contributed by atoms with E-state index in [9.17, 15) is 13.2 Å². The second-order valence-electron chi connectivity index (χ2n) is 4.60. The molecule has 116 valence electrons. The van der Waals surface area contributed by atoms with Crippen LogP contribution in [0.3, 0.4) is 0 Å². The molecular weight excluding hydrogens is 341 g/mol. The molecule has 1 aliphatic heterocycles. The maximum atomic E-state index is 12.3. The van der Waals surface area contributed by atoms with Crippen LogP contribution >= 0.6 is 23.2 Å². The van der Waals surface area contributed by atoms with Crippen molar-refractivity contribution < 1.29 is 23.1 Å². The van der Waals surface area contributed by atoms with E-state index in [4.69, 9.17) is 33.0 Å². The van der Waals surface area contributed by atoms with Crippen molar-refractivity contribution in [2.45, 2.75) is 23.8 Å². The number of sulfonamides is 1. The zero-order valence-corrected chi connectivity index (χ0v) is 13.1. The molecule has 1 aromatic carbocycles. The summed E-state index contributed by atoms with van der Waals surface area (Å²) in [5, 5.41) is 8.76. The van der Waals surface area contributed by atoms with Gasteiger partial charge in [0, 0.05) is 12.6 Å². The van der Waals surface area contributed by atoms with E-state index in [1.807, 2.05) is 0 Å². The predicted octanol–water partition coefficient (Wildman–Crippen LogP) is 2.15. The van der Waals surface area contributed by atoms with Gasteiger partial charge in [-0.1, -0.05) is 23.2 Å². The lowest BCUT2D eigenvalue weighted by Crippen LogP contribution is -2.40. The van der Waals surface area contributed by atoms with Gasteiger partial charge >= 0.3 is 5.97 Å². The summed E-state index contributed by atoms with van der Waals surface area (Å²) in [4.78, 5) is 10.7. The number of hydrogen-bond donors (Lipinski definition) is 2. The fourth-order valence-electron chi connectivity index (χ4n) is 2.02. The van der Waals surface area contributed by atoms with Gasteiger partial charge in [-0.3, -0.25) is 0 Å². The number of rotatable bonds is 4. The van der Waals surface area contributed by atoms with Crippen LogP contribution in [-0.2, 0) is 14.8 Å². The maximum Gasteiger partial charge on any atom is 0.337 e. The van der Waals surface area contributed by atoms with E-state index in [1.54, 1.807) is 0 Å². The molecule has 9 heteroatoms. The minimum Gasteiger partial charge on any atom is -0.478 e. The molecule has 1 atom stereocenters. The van der Waals surface area contributed by atoms with E-state index in [0.717, 1.165) is 18.6 Å². The minimum atomic E-state index is -3.95. The molecule has 1 aromatic rings. The Bertz CT molecular complexity index is 656. The van der Waals surface area contributed by atoms with Gasteiger partial charge in [0.25, 0.3) is 0 Å². The van der Waals surface area contributed by atoms with Crippen molar-refractivity contribution in [1.29, 1.82) is 0 Å². The monoisotopic (exact) mass is 353 g/mol. The van der Waals surface area contributed by atoms with Crippen LogP contribution in [0.2, 0.25) is 10.0 Å². The molecule has 1 heterocycles. The van der Waals surface area contributed by atoms with Crippen molar-refractivity contribution in [3.05, 3.63) is 27.7 Å². The molecule has 1 aliphatic rings. The Kier molecular flexibility index (Phi) is 5.11. The van der Waals surface area contributed by atoms with E-state index in [0.29, 0.717) is 13.0 Å². The molecular formula is C12H13Cl2NO5S. The number of carboxylic acids is 1. The Labute approximate surface area is 132 Å². The third-order valence-corrected chi connectivity index (χ3v) is 5.32. The van der Waals surface area contributed by atoms with Gasteiger partial charge in [0.05, 0.1) is 22.2 Å². The van der Waals surface area contributed by atoms with E-state index in [2.05, 4.69) is 4.72 Å². The van der Waals surface area contributed by atoms with Crippen LogP contribution in [0, 0.1) is 0 Å². The molecule has 0 aromatic heterocycles. The van der Waals surface area contributed by atoms with Crippen LogP contribution in [0.1, 0.15) is 23.2 Å². The Hall–Kier alpha value is -0.860. The lowest BCUT2D eigenvalue weighted by Gasteiger charge is -2.23. The van der Waals surface area contributed by atoms with E-state index >= 15 is 0 Å². The van der Waals surface area contributed by atoms with Gasteiger partial charge in [0.1, 0.15) is 4.90 Å². The standard InChI is InChI=1S/C12H13Cl2NO5S/c13-9-5-10(14)11(4-8(9)12(16)17)21(18,19)15-7-2-1-3-20-6-7/h4-5,7,15H,1-3,6H2,(H,16,17). The summed E-state index contributed by atoms with van der Waals surface area (Å²) in [7, 11) is -3.95. The molecule has 0 amide bonds. The second-order valence-corrected chi connectivity index (χ2v) is 7.10. The Morgan fingerprint density at radius 2 is 2.05 bits per heavy atom. The fourth-order valence-corrected chi connectivity index (χ4v) is 4.12. The summed E-state index contributed by atoms with van der Waals surface area (Å²) in [6.45, 7) is 0.874. The number of hydrogen-bond acceptors (Lipinski definition) is 4. The molecule has 0 aliphatic carbocycles. The number of ether oxygens (including phenoxy) is 1. The molecule has 0 bridgehead atoms.